The predicted molar refractivity (Wildman–Crippen MR) is 93.6 cm³/mol. The zero-order chi connectivity index (χ0) is 17.6. The largest absolute Gasteiger partial charge is 0.493 e. The van der Waals surface area contributed by atoms with Gasteiger partial charge in [-0.05, 0) is 29.8 Å². The number of aromatic amines is 1. The molecule has 1 aromatic carbocycles. The molecule has 0 aliphatic carbocycles. The van der Waals surface area contributed by atoms with Crippen LogP contribution in [0.3, 0.4) is 0 Å². The van der Waals surface area contributed by atoms with E-state index in [-0.39, 0.29) is 5.91 Å². The number of benzene rings is 1. The highest BCUT2D eigenvalue weighted by molar-refractivity contribution is 5.76. The van der Waals surface area contributed by atoms with Gasteiger partial charge in [0.15, 0.2) is 17.1 Å². The Morgan fingerprint density at radius 2 is 2.04 bits per heavy atom. The quantitative estimate of drug-likeness (QED) is 0.688. The smallest absolute Gasteiger partial charge is 0.220 e. The summed E-state index contributed by atoms with van der Waals surface area (Å²) < 4.78 is 10.5. The molecule has 1 amide bonds. The molecule has 7 nitrogen and oxygen atoms in total. The van der Waals surface area contributed by atoms with E-state index in [1.54, 1.807) is 20.4 Å². The molecule has 3 aromatic rings. The van der Waals surface area contributed by atoms with Crippen LogP contribution in [0, 0.1) is 0 Å². The Balaban J connectivity index is 1.52. The van der Waals surface area contributed by atoms with Crippen molar-refractivity contribution in [3.8, 4) is 11.5 Å². The van der Waals surface area contributed by atoms with Gasteiger partial charge in [0, 0.05) is 25.6 Å². The maximum absolute atomic E-state index is 12.1. The Morgan fingerprint density at radius 3 is 2.80 bits per heavy atom. The molecule has 0 aliphatic heterocycles. The van der Waals surface area contributed by atoms with E-state index < -0.39 is 0 Å². The molecule has 2 N–H and O–H groups in total. The summed E-state index contributed by atoms with van der Waals surface area (Å²) in [4.78, 5) is 23.8. The molecule has 130 valence electrons. The van der Waals surface area contributed by atoms with E-state index in [4.69, 9.17) is 9.47 Å². The lowest BCUT2D eigenvalue weighted by Crippen LogP contribution is -2.23. The summed E-state index contributed by atoms with van der Waals surface area (Å²) in [6, 6.07) is 9.33. The number of hydrogen-bond donors (Lipinski definition) is 2. The molecule has 3 rings (SSSR count). The van der Waals surface area contributed by atoms with Gasteiger partial charge in [0.05, 0.1) is 19.7 Å². The normalized spacial score (nSPS) is 10.6. The van der Waals surface area contributed by atoms with Crippen molar-refractivity contribution < 1.29 is 14.3 Å². The van der Waals surface area contributed by atoms with Crippen LogP contribution in [0.5, 0.6) is 11.5 Å². The van der Waals surface area contributed by atoms with E-state index in [2.05, 4.69) is 20.3 Å². The number of methoxy groups -OCH3 is 2. The third-order valence-corrected chi connectivity index (χ3v) is 3.83. The van der Waals surface area contributed by atoms with Crippen molar-refractivity contribution in [3.63, 3.8) is 0 Å². The first-order chi connectivity index (χ1) is 12.2. The van der Waals surface area contributed by atoms with Crippen molar-refractivity contribution >= 4 is 17.1 Å². The van der Waals surface area contributed by atoms with Crippen LogP contribution in [0.25, 0.3) is 11.2 Å². The number of pyridine rings is 1. The lowest BCUT2D eigenvalue weighted by atomic mass is 10.2. The summed E-state index contributed by atoms with van der Waals surface area (Å²) >= 11 is 0. The molecule has 0 saturated heterocycles. The fourth-order valence-corrected chi connectivity index (χ4v) is 2.52. The van der Waals surface area contributed by atoms with Gasteiger partial charge in [0.2, 0.25) is 5.91 Å². The van der Waals surface area contributed by atoms with Gasteiger partial charge in [-0.1, -0.05) is 6.07 Å². The summed E-state index contributed by atoms with van der Waals surface area (Å²) in [5.74, 6) is 2.03. The third kappa shape index (κ3) is 4.06. The van der Waals surface area contributed by atoms with Crippen LogP contribution >= 0.6 is 0 Å². The molecular formula is C18H20N4O3. The molecule has 0 aliphatic rings. The maximum Gasteiger partial charge on any atom is 0.220 e. The summed E-state index contributed by atoms with van der Waals surface area (Å²) in [7, 11) is 3.18. The number of carbonyl (C=O) groups is 1. The fraction of sp³-hybridized carbons (Fsp3) is 0.278. The van der Waals surface area contributed by atoms with E-state index in [0.29, 0.717) is 36.5 Å². The number of fused-ring (bicyclic) bond motifs is 1. The first kappa shape index (κ1) is 16.8. The van der Waals surface area contributed by atoms with E-state index >= 15 is 0 Å². The van der Waals surface area contributed by atoms with Gasteiger partial charge in [-0.3, -0.25) is 4.79 Å². The van der Waals surface area contributed by atoms with Gasteiger partial charge < -0.3 is 19.8 Å². The topological polar surface area (TPSA) is 89.1 Å². The lowest BCUT2D eigenvalue weighted by Gasteiger charge is -2.10. The standard InChI is InChI=1S/C18H20N4O3/c1-24-14-6-5-12(10-15(14)25-2)11-20-17(23)8-7-16-21-13-4-3-9-19-18(13)22-16/h3-6,9-10H,7-8,11H2,1-2H3,(H,20,23)(H,19,21,22). The van der Waals surface area contributed by atoms with Crippen LogP contribution in [0.4, 0.5) is 0 Å². The molecule has 0 atom stereocenters. The minimum Gasteiger partial charge on any atom is -0.493 e. The molecule has 25 heavy (non-hydrogen) atoms. The molecular weight excluding hydrogens is 320 g/mol. The van der Waals surface area contributed by atoms with Crippen molar-refractivity contribution in [2.24, 2.45) is 0 Å². The Kier molecular flexibility index (Phi) is 5.13. The molecule has 0 saturated carbocycles. The molecule has 2 heterocycles. The number of imidazole rings is 1. The van der Waals surface area contributed by atoms with Gasteiger partial charge >= 0.3 is 0 Å². The molecule has 0 spiro atoms. The van der Waals surface area contributed by atoms with Crippen LogP contribution in [-0.2, 0) is 17.8 Å². The molecule has 0 fully saturated rings. The first-order valence-corrected chi connectivity index (χ1v) is 7.97. The number of aromatic nitrogens is 3. The number of rotatable bonds is 7. The number of carbonyl (C=O) groups excluding carboxylic acids is 1. The van der Waals surface area contributed by atoms with Crippen LogP contribution in [0.1, 0.15) is 17.8 Å². The number of H-pyrrole nitrogens is 1. The van der Waals surface area contributed by atoms with Crippen molar-refractivity contribution in [1.82, 2.24) is 20.3 Å². The van der Waals surface area contributed by atoms with Crippen molar-refractivity contribution in [3.05, 3.63) is 47.9 Å². The van der Waals surface area contributed by atoms with E-state index in [1.807, 2.05) is 30.3 Å². The van der Waals surface area contributed by atoms with Crippen LogP contribution in [0.2, 0.25) is 0 Å². The van der Waals surface area contributed by atoms with E-state index in [9.17, 15) is 4.79 Å². The third-order valence-electron chi connectivity index (χ3n) is 3.83. The van der Waals surface area contributed by atoms with Crippen LogP contribution < -0.4 is 14.8 Å². The summed E-state index contributed by atoms with van der Waals surface area (Å²) in [5.41, 5.74) is 2.49. The Morgan fingerprint density at radius 1 is 1.20 bits per heavy atom. The second kappa shape index (κ2) is 7.65. The zero-order valence-electron chi connectivity index (χ0n) is 14.2. The van der Waals surface area contributed by atoms with Gasteiger partial charge in [-0.15, -0.1) is 0 Å². The lowest BCUT2D eigenvalue weighted by molar-refractivity contribution is -0.121. The Hall–Kier alpha value is -3.09. The highest BCUT2D eigenvalue weighted by Crippen LogP contribution is 2.27. The highest BCUT2D eigenvalue weighted by atomic mass is 16.5. The van der Waals surface area contributed by atoms with Crippen LogP contribution in [-0.4, -0.2) is 35.1 Å². The SMILES string of the molecule is COc1ccc(CNC(=O)CCc2nc3ncccc3[nH]2)cc1OC. The summed E-state index contributed by atoms with van der Waals surface area (Å²) in [5, 5.41) is 2.90. The summed E-state index contributed by atoms with van der Waals surface area (Å²) in [6.45, 7) is 0.431. The van der Waals surface area contributed by atoms with Gasteiger partial charge in [-0.2, -0.15) is 0 Å². The highest BCUT2D eigenvalue weighted by Gasteiger charge is 2.08. The van der Waals surface area contributed by atoms with Gasteiger partial charge in [0.1, 0.15) is 5.82 Å². The number of ether oxygens (including phenoxy) is 2. The molecule has 0 bridgehead atoms. The molecule has 0 unspecified atom stereocenters. The van der Waals surface area contributed by atoms with Crippen molar-refractivity contribution in [2.75, 3.05) is 14.2 Å². The minimum absolute atomic E-state index is 0.0387. The minimum atomic E-state index is -0.0387. The van der Waals surface area contributed by atoms with Crippen molar-refractivity contribution in [2.45, 2.75) is 19.4 Å². The fourth-order valence-electron chi connectivity index (χ4n) is 2.52. The number of amides is 1. The van der Waals surface area contributed by atoms with Crippen LogP contribution in [0.15, 0.2) is 36.5 Å². The van der Waals surface area contributed by atoms with Gasteiger partial charge in [0.25, 0.3) is 0 Å². The number of aryl methyl sites for hydroxylation is 1. The summed E-state index contributed by atoms with van der Waals surface area (Å²) in [6.07, 6.45) is 2.59. The monoisotopic (exact) mass is 340 g/mol. The Labute approximate surface area is 145 Å². The number of hydrogen-bond acceptors (Lipinski definition) is 5. The average Bonchev–Trinajstić information content (AvgIpc) is 3.07. The molecule has 7 heteroatoms. The average molecular weight is 340 g/mol. The molecule has 2 aromatic heterocycles. The number of nitrogens with one attached hydrogen (secondary N) is 2. The zero-order valence-corrected chi connectivity index (χ0v) is 14.2. The first-order valence-electron chi connectivity index (χ1n) is 7.97. The number of nitrogens with zero attached hydrogens (tertiary/aromatic N) is 2. The van der Waals surface area contributed by atoms with Gasteiger partial charge in [-0.25, -0.2) is 9.97 Å². The predicted octanol–water partition coefficient (Wildman–Crippen LogP) is 2.22. The van der Waals surface area contributed by atoms with E-state index in [0.717, 1.165) is 16.9 Å². The Bertz CT molecular complexity index is 843. The van der Waals surface area contributed by atoms with E-state index in [1.165, 1.54) is 0 Å². The maximum atomic E-state index is 12.1. The molecule has 0 radical (unpaired) electrons. The second-order valence-corrected chi connectivity index (χ2v) is 5.52. The van der Waals surface area contributed by atoms with Crippen molar-refractivity contribution in [1.29, 1.82) is 0 Å². The second-order valence-electron chi connectivity index (χ2n) is 5.52.